The number of benzene rings is 2. The SMILES string of the molecule is CC(C)OCc1ccc2c(c1)ncn2-c1cccc(-c2cccs2)c1. The summed E-state index contributed by atoms with van der Waals surface area (Å²) < 4.78 is 7.83. The summed E-state index contributed by atoms with van der Waals surface area (Å²) in [7, 11) is 0. The highest BCUT2D eigenvalue weighted by Gasteiger charge is 2.08. The van der Waals surface area contributed by atoms with Crippen molar-refractivity contribution >= 4 is 22.4 Å². The minimum Gasteiger partial charge on any atom is -0.374 e. The van der Waals surface area contributed by atoms with Crippen molar-refractivity contribution in [3.05, 3.63) is 71.9 Å². The highest BCUT2D eigenvalue weighted by Crippen LogP contribution is 2.28. The van der Waals surface area contributed by atoms with Crippen LogP contribution in [-0.2, 0) is 11.3 Å². The van der Waals surface area contributed by atoms with Gasteiger partial charge in [0.25, 0.3) is 0 Å². The maximum atomic E-state index is 5.69. The first-order valence-corrected chi connectivity index (χ1v) is 9.30. The van der Waals surface area contributed by atoms with E-state index < -0.39 is 0 Å². The molecule has 0 aliphatic heterocycles. The molecule has 126 valence electrons. The molecule has 0 aliphatic carbocycles. The van der Waals surface area contributed by atoms with Crippen molar-refractivity contribution in [2.75, 3.05) is 0 Å². The van der Waals surface area contributed by atoms with Gasteiger partial charge in [-0.1, -0.05) is 24.3 Å². The van der Waals surface area contributed by atoms with E-state index in [9.17, 15) is 0 Å². The van der Waals surface area contributed by atoms with E-state index in [-0.39, 0.29) is 6.10 Å². The minimum atomic E-state index is 0.230. The van der Waals surface area contributed by atoms with Gasteiger partial charge in [0.2, 0.25) is 0 Å². The van der Waals surface area contributed by atoms with E-state index in [4.69, 9.17) is 4.74 Å². The lowest BCUT2D eigenvalue weighted by molar-refractivity contribution is 0.0657. The summed E-state index contributed by atoms with van der Waals surface area (Å²) in [6.45, 7) is 4.72. The number of hydrogen-bond donors (Lipinski definition) is 0. The van der Waals surface area contributed by atoms with Crippen molar-refractivity contribution in [1.29, 1.82) is 0 Å². The first-order valence-electron chi connectivity index (χ1n) is 8.42. The van der Waals surface area contributed by atoms with Crippen molar-refractivity contribution in [1.82, 2.24) is 9.55 Å². The summed E-state index contributed by atoms with van der Waals surface area (Å²) in [4.78, 5) is 5.86. The number of imidazole rings is 1. The van der Waals surface area contributed by atoms with Gasteiger partial charge in [-0.05, 0) is 60.7 Å². The van der Waals surface area contributed by atoms with E-state index in [0.29, 0.717) is 6.61 Å². The molecule has 0 N–H and O–H groups in total. The van der Waals surface area contributed by atoms with Crippen LogP contribution in [0.25, 0.3) is 27.2 Å². The lowest BCUT2D eigenvalue weighted by atomic mass is 10.1. The molecule has 4 aromatic rings. The molecule has 0 spiro atoms. The Bertz CT molecular complexity index is 986. The topological polar surface area (TPSA) is 27.1 Å². The third-order valence-corrected chi connectivity index (χ3v) is 5.04. The van der Waals surface area contributed by atoms with Gasteiger partial charge in [0.05, 0.1) is 23.7 Å². The summed E-state index contributed by atoms with van der Waals surface area (Å²) in [5.74, 6) is 0. The molecule has 4 rings (SSSR count). The van der Waals surface area contributed by atoms with E-state index in [2.05, 4.69) is 69.5 Å². The Kier molecular flexibility index (Phi) is 4.38. The lowest BCUT2D eigenvalue weighted by Gasteiger charge is -2.09. The largest absolute Gasteiger partial charge is 0.374 e. The molecule has 3 nitrogen and oxygen atoms in total. The van der Waals surface area contributed by atoms with E-state index in [1.165, 1.54) is 10.4 Å². The monoisotopic (exact) mass is 348 g/mol. The average Bonchev–Trinajstić information content (AvgIpc) is 3.29. The van der Waals surface area contributed by atoms with Gasteiger partial charge >= 0.3 is 0 Å². The molecule has 0 saturated carbocycles. The second kappa shape index (κ2) is 6.82. The third kappa shape index (κ3) is 3.36. The van der Waals surface area contributed by atoms with Crippen LogP contribution in [-0.4, -0.2) is 15.7 Å². The molecule has 0 unspecified atom stereocenters. The van der Waals surface area contributed by atoms with Crippen LogP contribution in [0.15, 0.2) is 66.3 Å². The minimum absolute atomic E-state index is 0.230. The molecule has 0 atom stereocenters. The number of aromatic nitrogens is 2. The molecule has 0 aliphatic rings. The summed E-state index contributed by atoms with van der Waals surface area (Å²) in [5, 5.41) is 2.11. The fraction of sp³-hybridized carbons (Fsp3) is 0.190. The van der Waals surface area contributed by atoms with Crippen molar-refractivity contribution in [3.63, 3.8) is 0 Å². The lowest BCUT2D eigenvalue weighted by Crippen LogP contribution is -2.02. The molecule has 0 fully saturated rings. The zero-order valence-electron chi connectivity index (χ0n) is 14.3. The van der Waals surface area contributed by atoms with E-state index in [1.807, 2.05) is 20.2 Å². The normalized spacial score (nSPS) is 11.5. The van der Waals surface area contributed by atoms with Crippen molar-refractivity contribution in [2.45, 2.75) is 26.6 Å². The standard InChI is InChI=1S/C21H20N2OS/c1-15(2)24-13-16-8-9-20-19(11-16)22-14-23(20)18-6-3-5-17(12-18)21-7-4-10-25-21/h3-12,14-15H,13H2,1-2H3. The molecule has 2 aromatic heterocycles. The highest BCUT2D eigenvalue weighted by atomic mass is 32.1. The number of rotatable bonds is 5. The van der Waals surface area contributed by atoms with Crippen molar-refractivity contribution in [3.8, 4) is 16.1 Å². The second-order valence-electron chi connectivity index (χ2n) is 6.33. The molecule has 0 radical (unpaired) electrons. The Morgan fingerprint density at radius 1 is 1.08 bits per heavy atom. The fourth-order valence-electron chi connectivity index (χ4n) is 2.87. The number of hydrogen-bond acceptors (Lipinski definition) is 3. The van der Waals surface area contributed by atoms with E-state index in [0.717, 1.165) is 22.3 Å². The Balaban J connectivity index is 1.69. The second-order valence-corrected chi connectivity index (χ2v) is 7.27. The van der Waals surface area contributed by atoms with Crippen LogP contribution in [0.1, 0.15) is 19.4 Å². The molecule has 0 amide bonds. The number of fused-ring (bicyclic) bond motifs is 1. The number of nitrogens with zero attached hydrogens (tertiary/aromatic N) is 2. The van der Waals surface area contributed by atoms with E-state index >= 15 is 0 Å². The first kappa shape index (κ1) is 16.1. The summed E-state index contributed by atoms with van der Waals surface area (Å²) in [5.41, 5.74) is 5.61. The van der Waals surface area contributed by atoms with Gasteiger partial charge in [0.15, 0.2) is 0 Å². The van der Waals surface area contributed by atoms with Gasteiger partial charge in [-0.3, -0.25) is 4.57 Å². The highest BCUT2D eigenvalue weighted by molar-refractivity contribution is 7.13. The molecule has 4 heteroatoms. The van der Waals surface area contributed by atoms with Crippen LogP contribution in [0.3, 0.4) is 0 Å². The Morgan fingerprint density at radius 3 is 2.80 bits per heavy atom. The third-order valence-electron chi connectivity index (χ3n) is 4.13. The van der Waals surface area contributed by atoms with Crippen LogP contribution in [0.4, 0.5) is 0 Å². The predicted molar refractivity (Wildman–Crippen MR) is 104 cm³/mol. The first-order chi connectivity index (χ1) is 12.2. The molecule has 0 bridgehead atoms. The zero-order chi connectivity index (χ0) is 17.2. The van der Waals surface area contributed by atoms with E-state index in [1.54, 1.807) is 11.3 Å². The molecule has 25 heavy (non-hydrogen) atoms. The maximum Gasteiger partial charge on any atom is 0.100 e. The smallest absolute Gasteiger partial charge is 0.100 e. The molecular formula is C21H20N2OS. The average molecular weight is 348 g/mol. The summed E-state index contributed by atoms with van der Waals surface area (Å²) in [6, 6.07) is 19.2. The Morgan fingerprint density at radius 2 is 2.00 bits per heavy atom. The molecule has 2 heterocycles. The van der Waals surface area contributed by atoms with Crippen molar-refractivity contribution in [2.24, 2.45) is 0 Å². The number of ether oxygens (including phenoxy) is 1. The van der Waals surface area contributed by atoms with Crippen LogP contribution in [0.2, 0.25) is 0 Å². The summed E-state index contributed by atoms with van der Waals surface area (Å²) >= 11 is 1.76. The Labute approximate surface area is 151 Å². The number of thiophene rings is 1. The van der Waals surface area contributed by atoms with Crippen molar-refractivity contribution < 1.29 is 4.74 Å². The van der Waals surface area contributed by atoms with Gasteiger partial charge in [0.1, 0.15) is 6.33 Å². The van der Waals surface area contributed by atoms with Gasteiger partial charge in [-0.15, -0.1) is 11.3 Å². The fourth-order valence-corrected chi connectivity index (χ4v) is 3.59. The van der Waals surface area contributed by atoms with Crippen LogP contribution in [0, 0.1) is 0 Å². The zero-order valence-corrected chi connectivity index (χ0v) is 15.2. The van der Waals surface area contributed by atoms with Gasteiger partial charge in [-0.2, -0.15) is 0 Å². The van der Waals surface area contributed by atoms with Crippen LogP contribution in [0.5, 0.6) is 0 Å². The van der Waals surface area contributed by atoms with Gasteiger partial charge in [0, 0.05) is 10.6 Å². The van der Waals surface area contributed by atoms with Crippen LogP contribution < -0.4 is 0 Å². The van der Waals surface area contributed by atoms with Gasteiger partial charge in [-0.25, -0.2) is 4.98 Å². The molecule has 0 saturated heterocycles. The molecular weight excluding hydrogens is 328 g/mol. The molecule has 2 aromatic carbocycles. The quantitative estimate of drug-likeness (QED) is 0.464. The van der Waals surface area contributed by atoms with Crippen LogP contribution >= 0.6 is 11.3 Å². The summed E-state index contributed by atoms with van der Waals surface area (Å²) in [6.07, 6.45) is 2.12. The maximum absolute atomic E-state index is 5.69. The Hall–Kier alpha value is -2.43. The predicted octanol–water partition coefficient (Wildman–Crippen LogP) is 5.68. The van der Waals surface area contributed by atoms with Gasteiger partial charge < -0.3 is 4.74 Å².